The van der Waals surface area contributed by atoms with E-state index < -0.39 is 11.9 Å². The Bertz CT molecular complexity index is 507. The number of benzene rings is 1. The van der Waals surface area contributed by atoms with Gasteiger partial charge < -0.3 is 15.7 Å². The van der Waals surface area contributed by atoms with Crippen LogP contribution in [-0.2, 0) is 4.79 Å². The molecule has 116 valence electrons. The average Bonchev–Trinajstić information content (AvgIpc) is 2.46. The molecule has 2 amide bonds. The van der Waals surface area contributed by atoms with Gasteiger partial charge >= 0.3 is 0 Å². The lowest BCUT2D eigenvalue weighted by molar-refractivity contribution is -0.123. The molecule has 1 aromatic carbocycles. The molecule has 1 aromatic rings. The number of aliphatic hydroxyl groups excluding tert-OH is 1. The van der Waals surface area contributed by atoms with Crippen LogP contribution in [0.25, 0.3) is 0 Å². The topological polar surface area (TPSA) is 78.4 Å². The van der Waals surface area contributed by atoms with E-state index in [0.717, 1.165) is 0 Å². The molecule has 5 nitrogen and oxygen atoms in total. The number of nitrogens with one attached hydrogen (secondary N) is 2. The van der Waals surface area contributed by atoms with E-state index in [0.29, 0.717) is 10.6 Å². The molecule has 0 heterocycles. The smallest absolute Gasteiger partial charge is 0.253 e. The fourth-order valence-corrected chi connectivity index (χ4v) is 1.86. The number of carbonyl (C=O) groups excluding carboxylic acids is 2. The molecular weight excluding hydrogens is 292 g/mol. The van der Waals surface area contributed by atoms with Gasteiger partial charge in [0.15, 0.2) is 0 Å². The van der Waals surface area contributed by atoms with E-state index >= 15 is 0 Å². The van der Waals surface area contributed by atoms with E-state index in [4.69, 9.17) is 16.7 Å². The van der Waals surface area contributed by atoms with Crippen LogP contribution < -0.4 is 10.6 Å². The van der Waals surface area contributed by atoms with Crippen LogP contribution in [0.3, 0.4) is 0 Å². The zero-order valence-corrected chi connectivity index (χ0v) is 13.1. The van der Waals surface area contributed by atoms with E-state index in [1.807, 2.05) is 6.92 Å². The molecule has 0 bridgehead atoms. The first kappa shape index (κ1) is 17.5. The summed E-state index contributed by atoms with van der Waals surface area (Å²) in [6, 6.07) is 5.78. The summed E-state index contributed by atoms with van der Waals surface area (Å²) in [6.07, 6.45) is 0. The van der Waals surface area contributed by atoms with Crippen molar-refractivity contribution < 1.29 is 14.7 Å². The number of amides is 2. The van der Waals surface area contributed by atoms with Crippen molar-refractivity contribution in [2.45, 2.75) is 32.9 Å². The molecular formula is C15H21ClN2O3. The molecule has 3 N–H and O–H groups in total. The maximum absolute atomic E-state index is 12.0. The van der Waals surface area contributed by atoms with Gasteiger partial charge in [-0.1, -0.05) is 30.7 Å². The summed E-state index contributed by atoms with van der Waals surface area (Å²) in [6.45, 7) is 5.22. The highest BCUT2D eigenvalue weighted by molar-refractivity contribution is 6.33. The lowest BCUT2D eigenvalue weighted by Gasteiger charge is -2.22. The Morgan fingerprint density at radius 1 is 1.19 bits per heavy atom. The average molecular weight is 313 g/mol. The van der Waals surface area contributed by atoms with E-state index in [1.54, 1.807) is 38.1 Å². The molecule has 0 aliphatic heterocycles. The van der Waals surface area contributed by atoms with E-state index in [9.17, 15) is 9.59 Å². The molecule has 21 heavy (non-hydrogen) atoms. The third kappa shape index (κ3) is 5.02. The minimum absolute atomic E-state index is 0.0121. The van der Waals surface area contributed by atoms with Crippen LogP contribution in [0.15, 0.2) is 24.3 Å². The molecule has 3 atom stereocenters. The fraction of sp³-hybridized carbons (Fsp3) is 0.467. The van der Waals surface area contributed by atoms with Gasteiger partial charge in [0, 0.05) is 12.6 Å². The highest BCUT2D eigenvalue weighted by atomic mass is 35.5. The Morgan fingerprint density at radius 2 is 1.81 bits per heavy atom. The first-order valence-electron chi connectivity index (χ1n) is 6.83. The van der Waals surface area contributed by atoms with Crippen LogP contribution >= 0.6 is 11.6 Å². The van der Waals surface area contributed by atoms with Gasteiger partial charge in [-0.3, -0.25) is 9.59 Å². The van der Waals surface area contributed by atoms with Crippen molar-refractivity contribution in [1.29, 1.82) is 0 Å². The summed E-state index contributed by atoms with van der Waals surface area (Å²) in [7, 11) is 0. The minimum atomic E-state index is -0.692. The second-order valence-electron chi connectivity index (χ2n) is 5.13. The zero-order chi connectivity index (χ0) is 16.0. The first-order chi connectivity index (χ1) is 9.86. The van der Waals surface area contributed by atoms with Gasteiger partial charge in [-0.15, -0.1) is 0 Å². The number of hydrogen-bond donors (Lipinski definition) is 3. The molecule has 1 rings (SSSR count). The molecule has 0 spiro atoms. The van der Waals surface area contributed by atoms with E-state index in [-0.39, 0.29) is 24.5 Å². The van der Waals surface area contributed by atoms with Crippen molar-refractivity contribution in [2.75, 3.05) is 6.61 Å². The maximum atomic E-state index is 12.0. The van der Waals surface area contributed by atoms with Crippen molar-refractivity contribution in [3.05, 3.63) is 34.9 Å². The predicted octanol–water partition coefficient (Wildman–Crippen LogP) is 1.59. The highest BCUT2D eigenvalue weighted by Gasteiger charge is 2.21. The van der Waals surface area contributed by atoms with Gasteiger partial charge in [-0.2, -0.15) is 0 Å². The van der Waals surface area contributed by atoms with Crippen LogP contribution in [0, 0.1) is 5.92 Å². The van der Waals surface area contributed by atoms with Gasteiger partial charge in [0.25, 0.3) is 5.91 Å². The first-order valence-corrected chi connectivity index (χ1v) is 7.21. The summed E-state index contributed by atoms with van der Waals surface area (Å²) < 4.78 is 0. The highest BCUT2D eigenvalue weighted by Crippen LogP contribution is 2.14. The molecule has 0 saturated heterocycles. The number of aliphatic hydroxyl groups is 1. The van der Waals surface area contributed by atoms with Gasteiger partial charge in [-0.25, -0.2) is 0 Å². The van der Waals surface area contributed by atoms with Crippen LogP contribution in [0.2, 0.25) is 5.02 Å². The molecule has 0 aliphatic carbocycles. The van der Waals surface area contributed by atoms with E-state index in [2.05, 4.69) is 10.6 Å². The van der Waals surface area contributed by atoms with Crippen LogP contribution in [-0.4, -0.2) is 35.6 Å². The number of rotatable bonds is 6. The normalized spacial score (nSPS) is 14.9. The van der Waals surface area contributed by atoms with Crippen molar-refractivity contribution in [1.82, 2.24) is 10.6 Å². The lowest BCUT2D eigenvalue weighted by atomic mass is 10.0. The zero-order valence-electron chi connectivity index (χ0n) is 12.4. The summed E-state index contributed by atoms with van der Waals surface area (Å²) in [5.74, 6) is -0.755. The minimum Gasteiger partial charge on any atom is -0.396 e. The Balaban J connectivity index is 2.60. The monoisotopic (exact) mass is 312 g/mol. The Morgan fingerprint density at radius 3 is 2.38 bits per heavy atom. The van der Waals surface area contributed by atoms with Crippen molar-refractivity contribution in [3.63, 3.8) is 0 Å². The Kier molecular flexibility index (Phi) is 6.65. The molecule has 0 saturated carbocycles. The molecule has 3 unspecified atom stereocenters. The van der Waals surface area contributed by atoms with Crippen LogP contribution in [0.4, 0.5) is 0 Å². The third-order valence-corrected chi connectivity index (χ3v) is 3.70. The van der Waals surface area contributed by atoms with Gasteiger partial charge in [-0.05, 0) is 31.9 Å². The van der Waals surface area contributed by atoms with Crippen molar-refractivity contribution in [2.24, 2.45) is 5.92 Å². The summed E-state index contributed by atoms with van der Waals surface area (Å²) >= 11 is 5.94. The standard InChI is InChI=1S/C15H21ClN2O3/c1-9(8-19)10(2)17-14(20)11(3)18-15(21)12-6-4-5-7-13(12)16/h4-7,9-11,19H,8H2,1-3H3,(H,17,20)(H,18,21). The fourth-order valence-electron chi connectivity index (χ4n) is 1.64. The summed E-state index contributed by atoms with van der Waals surface area (Å²) in [4.78, 5) is 24.0. The third-order valence-electron chi connectivity index (χ3n) is 3.37. The molecule has 0 fully saturated rings. The molecule has 0 aliphatic rings. The quantitative estimate of drug-likeness (QED) is 0.746. The number of halogens is 1. The van der Waals surface area contributed by atoms with Crippen molar-refractivity contribution >= 4 is 23.4 Å². The largest absolute Gasteiger partial charge is 0.396 e. The SMILES string of the molecule is CC(NC(=O)c1ccccc1Cl)C(=O)NC(C)C(C)CO. The molecule has 0 aromatic heterocycles. The van der Waals surface area contributed by atoms with Crippen molar-refractivity contribution in [3.8, 4) is 0 Å². The van der Waals surface area contributed by atoms with Crippen LogP contribution in [0.1, 0.15) is 31.1 Å². The second kappa shape index (κ2) is 8.00. The van der Waals surface area contributed by atoms with Gasteiger partial charge in [0.1, 0.15) is 6.04 Å². The predicted molar refractivity (Wildman–Crippen MR) is 82.2 cm³/mol. The number of hydrogen-bond acceptors (Lipinski definition) is 3. The Hall–Kier alpha value is -1.59. The second-order valence-corrected chi connectivity index (χ2v) is 5.54. The summed E-state index contributed by atoms with van der Waals surface area (Å²) in [5.41, 5.74) is 0.329. The number of carbonyl (C=O) groups is 2. The molecule has 6 heteroatoms. The maximum Gasteiger partial charge on any atom is 0.253 e. The van der Waals surface area contributed by atoms with Crippen LogP contribution in [0.5, 0.6) is 0 Å². The van der Waals surface area contributed by atoms with Gasteiger partial charge in [0.2, 0.25) is 5.91 Å². The van der Waals surface area contributed by atoms with Gasteiger partial charge in [0.05, 0.1) is 10.6 Å². The Labute approximate surface area is 129 Å². The summed E-state index contributed by atoms with van der Waals surface area (Å²) in [5, 5.41) is 14.7. The molecule has 0 radical (unpaired) electrons. The lowest BCUT2D eigenvalue weighted by Crippen LogP contribution is -2.49. The van der Waals surface area contributed by atoms with E-state index in [1.165, 1.54) is 0 Å².